The predicted octanol–water partition coefficient (Wildman–Crippen LogP) is 4.32. The third-order valence-corrected chi connectivity index (χ3v) is 4.55. The first kappa shape index (κ1) is 16.6. The number of carbonyl (C=O) groups is 1. The minimum Gasteiger partial charge on any atom is -0.492 e. The summed E-state index contributed by atoms with van der Waals surface area (Å²) in [4.78, 5) is 16.4. The molecule has 26 heavy (non-hydrogen) atoms. The van der Waals surface area contributed by atoms with E-state index in [1.165, 1.54) is 18.5 Å². The summed E-state index contributed by atoms with van der Waals surface area (Å²) in [5, 5.41) is 3.29. The van der Waals surface area contributed by atoms with Crippen LogP contribution in [0.5, 0.6) is 5.75 Å². The number of anilines is 1. The van der Waals surface area contributed by atoms with Gasteiger partial charge in [0, 0.05) is 17.3 Å². The van der Waals surface area contributed by atoms with Gasteiger partial charge in [0.15, 0.2) is 12.2 Å². The van der Waals surface area contributed by atoms with E-state index in [2.05, 4.69) is 10.3 Å². The number of aromatic nitrogens is 1. The fraction of sp³-hybridized carbons (Fsp3) is 0.158. The van der Waals surface area contributed by atoms with E-state index < -0.39 is 0 Å². The normalized spacial score (nSPS) is 15.8. The Morgan fingerprint density at radius 3 is 2.92 bits per heavy atom. The Hall–Kier alpha value is -2.86. The highest BCUT2D eigenvalue weighted by Crippen LogP contribution is 2.31. The van der Waals surface area contributed by atoms with Gasteiger partial charge in [0.2, 0.25) is 5.91 Å². The number of amides is 1. The number of rotatable bonds is 3. The van der Waals surface area contributed by atoms with Crippen molar-refractivity contribution in [2.75, 3.05) is 11.9 Å². The highest BCUT2D eigenvalue weighted by molar-refractivity contribution is 6.33. The largest absolute Gasteiger partial charge is 0.492 e. The maximum atomic E-state index is 13.2. The van der Waals surface area contributed by atoms with Crippen LogP contribution in [-0.4, -0.2) is 17.5 Å². The van der Waals surface area contributed by atoms with Crippen LogP contribution in [0.1, 0.15) is 5.56 Å². The number of nitrogens with zero attached hydrogens (tertiary/aromatic N) is 1. The molecule has 0 aliphatic carbocycles. The molecule has 3 aromatic rings. The Balaban J connectivity index is 1.47. The molecule has 132 valence electrons. The summed E-state index contributed by atoms with van der Waals surface area (Å²) in [6, 6.07) is 9.51. The van der Waals surface area contributed by atoms with Gasteiger partial charge in [-0.15, -0.1) is 0 Å². The lowest BCUT2D eigenvalue weighted by Gasteiger charge is -2.24. The van der Waals surface area contributed by atoms with Crippen LogP contribution in [0, 0.1) is 11.7 Å². The average molecular weight is 373 g/mol. The van der Waals surface area contributed by atoms with E-state index in [1.807, 2.05) is 0 Å². The van der Waals surface area contributed by atoms with Gasteiger partial charge >= 0.3 is 0 Å². The highest BCUT2D eigenvalue weighted by atomic mass is 35.5. The highest BCUT2D eigenvalue weighted by Gasteiger charge is 2.26. The Labute approximate surface area is 153 Å². The molecule has 0 saturated carbocycles. The number of nitrogens with one attached hydrogen (secondary N) is 1. The van der Waals surface area contributed by atoms with Gasteiger partial charge in [-0.1, -0.05) is 17.7 Å². The molecule has 1 aliphatic rings. The van der Waals surface area contributed by atoms with Crippen molar-refractivity contribution in [1.29, 1.82) is 0 Å². The van der Waals surface area contributed by atoms with E-state index in [9.17, 15) is 9.18 Å². The molecular formula is C19H14ClFN2O3. The average Bonchev–Trinajstić information content (AvgIpc) is 3.15. The van der Waals surface area contributed by atoms with Crippen LogP contribution in [0.2, 0.25) is 5.02 Å². The molecule has 1 atom stereocenters. The third kappa shape index (κ3) is 3.28. The summed E-state index contributed by atoms with van der Waals surface area (Å²) in [6.45, 7) is 0.201. The molecule has 0 fully saturated rings. The summed E-state index contributed by atoms with van der Waals surface area (Å²) >= 11 is 6.27. The van der Waals surface area contributed by atoms with Crippen LogP contribution in [0.4, 0.5) is 10.1 Å². The summed E-state index contributed by atoms with van der Waals surface area (Å²) in [5.41, 5.74) is 2.09. The van der Waals surface area contributed by atoms with E-state index in [0.717, 1.165) is 5.56 Å². The smallest absolute Gasteiger partial charge is 0.231 e. The summed E-state index contributed by atoms with van der Waals surface area (Å²) in [6.07, 6.45) is 3.39. The van der Waals surface area contributed by atoms with Crippen LogP contribution < -0.4 is 10.1 Å². The van der Waals surface area contributed by atoms with E-state index in [1.54, 1.807) is 30.5 Å². The van der Waals surface area contributed by atoms with E-state index in [-0.39, 0.29) is 24.2 Å². The molecule has 5 nitrogen and oxygen atoms in total. The van der Waals surface area contributed by atoms with Crippen molar-refractivity contribution in [2.45, 2.75) is 6.42 Å². The SMILES string of the molecule is O=C(Nc1ccc(-c2cnco2)c(Cl)c1)[C@H]1COc2cc(F)ccc2C1. The maximum absolute atomic E-state index is 13.2. The van der Waals surface area contributed by atoms with Crippen molar-refractivity contribution in [3.8, 4) is 17.1 Å². The van der Waals surface area contributed by atoms with E-state index >= 15 is 0 Å². The molecule has 0 unspecified atom stereocenters. The van der Waals surface area contributed by atoms with Crippen molar-refractivity contribution >= 4 is 23.2 Å². The second-order valence-corrected chi connectivity index (χ2v) is 6.42. The van der Waals surface area contributed by atoms with Gasteiger partial charge in [-0.3, -0.25) is 4.79 Å². The molecular weight excluding hydrogens is 359 g/mol. The second kappa shape index (κ2) is 6.80. The molecule has 1 aromatic heterocycles. The zero-order chi connectivity index (χ0) is 18.1. The van der Waals surface area contributed by atoms with Crippen LogP contribution in [0.15, 0.2) is 53.4 Å². The lowest BCUT2D eigenvalue weighted by molar-refractivity contribution is -0.121. The zero-order valence-corrected chi connectivity index (χ0v) is 14.3. The standard InChI is InChI=1S/C19H14ClFN2O3/c20-16-7-14(3-4-15(16)18-8-22-10-26-18)23-19(24)12-5-11-1-2-13(21)6-17(11)25-9-12/h1-4,6-8,10,12H,5,9H2,(H,23,24)/t12-/m1/s1. The molecule has 1 N–H and O–H groups in total. The van der Waals surface area contributed by atoms with Crippen molar-refractivity contribution in [3.63, 3.8) is 0 Å². The molecule has 0 bridgehead atoms. The number of halogens is 2. The van der Waals surface area contributed by atoms with Gasteiger partial charge in [0.1, 0.15) is 18.2 Å². The van der Waals surface area contributed by atoms with E-state index in [4.69, 9.17) is 20.8 Å². The molecule has 2 aromatic carbocycles. The van der Waals surface area contributed by atoms with Crippen molar-refractivity contribution in [3.05, 3.63) is 65.4 Å². The van der Waals surface area contributed by atoms with Gasteiger partial charge in [0.25, 0.3) is 0 Å². The Kier molecular flexibility index (Phi) is 4.34. The lowest BCUT2D eigenvalue weighted by atomic mass is 9.96. The molecule has 2 heterocycles. The van der Waals surface area contributed by atoms with Crippen LogP contribution in [0.3, 0.4) is 0 Å². The summed E-state index contributed by atoms with van der Waals surface area (Å²) < 4.78 is 24.0. The molecule has 0 radical (unpaired) electrons. The Morgan fingerprint density at radius 2 is 2.15 bits per heavy atom. The van der Waals surface area contributed by atoms with Crippen LogP contribution in [-0.2, 0) is 11.2 Å². The summed E-state index contributed by atoms with van der Waals surface area (Å²) in [7, 11) is 0. The second-order valence-electron chi connectivity index (χ2n) is 6.01. The van der Waals surface area contributed by atoms with Gasteiger partial charge in [-0.05, 0) is 36.2 Å². The number of benzene rings is 2. The van der Waals surface area contributed by atoms with Crippen LogP contribution in [0.25, 0.3) is 11.3 Å². The first-order valence-electron chi connectivity index (χ1n) is 8.00. The number of oxazole rings is 1. The Bertz CT molecular complexity index is 959. The summed E-state index contributed by atoms with van der Waals surface area (Å²) in [5.74, 6) is 0.156. The van der Waals surface area contributed by atoms with Crippen molar-refractivity contribution < 1.29 is 18.3 Å². The minimum absolute atomic E-state index is 0.177. The molecule has 4 rings (SSSR count). The number of hydrogen-bond donors (Lipinski definition) is 1. The quantitative estimate of drug-likeness (QED) is 0.743. The fourth-order valence-corrected chi connectivity index (χ4v) is 3.17. The first-order valence-corrected chi connectivity index (χ1v) is 8.38. The number of carbonyl (C=O) groups excluding carboxylic acids is 1. The molecule has 1 aliphatic heterocycles. The molecule has 1 amide bonds. The van der Waals surface area contributed by atoms with Crippen LogP contribution >= 0.6 is 11.6 Å². The van der Waals surface area contributed by atoms with Gasteiger partial charge in [-0.25, -0.2) is 9.37 Å². The third-order valence-electron chi connectivity index (χ3n) is 4.24. The van der Waals surface area contributed by atoms with Crippen molar-refractivity contribution in [2.24, 2.45) is 5.92 Å². The van der Waals surface area contributed by atoms with Gasteiger partial charge < -0.3 is 14.5 Å². The molecule has 0 saturated heterocycles. The number of fused-ring (bicyclic) bond motifs is 1. The number of hydrogen-bond acceptors (Lipinski definition) is 4. The number of ether oxygens (including phenoxy) is 1. The van der Waals surface area contributed by atoms with Crippen molar-refractivity contribution in [1.82, 2.24) is 4.98 Å². The fourth-order valence-electron chi connectivity index (χ4n) is 2.90. The first-order chi connectivity index (χ1) is 12.6. The zero-order valence-electron chi connectivity index (χ0n) is 13.5. The lowest BCUT2D eigenvalue weighted by Crippen LogP contribution is -2.32. The van der Waals surface area contributed by atoms with E-state index in [0.29, 0.717) is 34.2 Å². The van der Waals surface area contributed by atoms with Gasteiger partial charge in [-0.2, -0.15) is 0 Å². The molecule has 0 spiro atoms. The predicted molar refractivity (Wildman–Crippen MR) is 94.7 cm³/mol. The maximum Gasteiger partial charge on any atom is 0.231 e. The topological polar surface area (TPSA) is 64.4 Å². The Morgan fingerprint density at radius 1 is 1.27 bits per heavy atom. The molecule has 7 heteroatoms. The monoisotopic (exact) mass is 372 g/mol. The minimum atomic E-state index is -0.360. The van der Waals surface area contributed by atoms with Gasteiger partial charge in [0.05, 0.1) is 17.1 Å².